The molecule has 1 fully saturated rings. The molecule has 174 valence electrons. The number of nitrogen functional groups attached to an aromatic ring is 1. The third kappa shape index (κ3) is 4.12. The third-order valence-corrected chi connectivity index (χ3v) is 7.50. The molecule has 11 heteroatoms. The van der Waals surface area contributed by atoms with Crippen LogP contribution in [0.2, 0.25) is 0 Å². The van der Waals surface area contributed by atoms with Crippen LogP contribution < -0.4 is 17.0 Å². The smallest absolute Gasteiger partial charge is 0.332 e. The first-order valence-electron chi connectivity index (χ1n) is 10.7. The van der Waals surface area contributed by atoms with Crippen LogP contribution in [-0.2, 0) is 13.6 Å². The third-order valence-electron chi connectivity index (χ3n) is 5.70. The molecule has 34 heavy (non-hydrogen) atoms. The van der Waals surface area contributed by atoms with Crippen molar-refractivity contribution < 1.29 is 4.79 Å². The predicted octanol–water partition coefficient (Wildman–Crippen LogP) is 2.81. The molecule has 2 N–H and O–H groups in total. The molecule has 0 amide bonds. The molecule has 0 unspecified atom stereocenters. The number of carbonyl (C=O) groups is 1. The number of nitrogens with two attached hydrogens (primary N) is 1. The number of anilines is 1. The molecule has 0 atom stereocenters. The summed E-state index contributed by atoms with van der Waals surface area (Å²) in [7, 11) is 1.35. The molecule has 0 spiro atoms. The Morgan fingerprint density at radius 1 is 1.15 bits per heavy atom. The maximum absolute atomic E-state index is 13.2. The number of ketones is 1. The first-order valence-corrected chi connectivity index (χ1v) is 12.6. The molecule has 1 aliphatic rings. The number of thioether (sulfide) groups is 1. The van der Waals surface area contributed by atoms with E-state index in [9.17, 15) is 14.4 Å². The van der Waals surface area contributed by atoms with Gasteiger partial charge in [0, 0.05) is 13.1 Å². The standard InChI is InChI=1S/C23H22N6O3S2/c1-27-21(31)18(19(24)28(23(27)32)12-14-6-3-2-4-7-14)16(30)13-34-22-26-25-20(17-8-5-11-33-17)29(22)15-9-10-15/h2-8,11,15H,9-10,12-13,24H2,1H3. The van der Waals surface area contributed by atoms with Crippen molar-refractivity contribution in [3.63, 3.8) is 0 Å². The van der Waals surface area contributed by atoms with Crippen LogP contribution in [0.5, 0.6) is 0 Å². The van der Waals surface area contributed by atoms with Crippen molar-refractivity contribution in [2.24, 2.45) is 7.05 Å². The number of hydrogen-bond acceptors (Lipinski definition) is 8. The van der Waals surface area contributed by atoms with Gasteiger partial charge in [-0.2, -0.15) is 0 Å². The molecule has 0 radical (unpaired) electrons. The molecule has 0 bridgehead atoms. The first-order chi connectivity index (χ1) is 16.5. The number of benzene rings is 1. The van der Waals surface area contributed by atoms with Crippen LogP contribution in [-0.4, -0.2) is 35.4 Å². The summed E-state index contributed by atoms with van der Waals surface area (Å²) in [6, 6.07) is 13.5. The van der Waals surface area contributed by atoms with Gasteiger partial charge < -0.3 is 5.73 Å². The second kappa shape index (κ2) is 9.07. The van der Waals surface area contributed by atoms with Crippen molar-refractivity contribution in [3.05, 3.63) is 79.8 Å². The van der Waals surface area contributed by atoms with E-state index in [1.165, 1.54) is 23.4 Å². The summed E-state index contributed by atoms with van der Waals surface area (Å²) in [5.74, 6) is 0.177. The van der Waals surface area contributed by atoms with Gasteiger partial charge >= 0.3 is 5.69 Å². The van der Waals surface area contributed by atoms with Crippen molar-refractivity contribution in [2.45, 2.75) is 30.6 Å². The highest BCUT2D eigenvalue weighted by molar-refractivity contribution is 7.99. The van der Waals surface area contributed by atoms with E-state index in [-0.39, 0.29) is 23.7 Å². The average Bonchev–Trinajstić information content (AvgIpc) is 3.36. The molecule has 0 aliphatic heterocycles. The van der Waals surface area contributed by atoms with Gasteiger partial charge in [-0.15, -0.1) is 21.5 Å². The Bertz CT molecular complexity index is 1470. The van der Waals surface area contributed by atoms with Crippen LogP contribution in [0.1, 0.15) is 34.8 Å². The normalized spacial score (nSPS) is 13.3. The minimum atomic E-state index is -0.694. The number of rotatable bonds is 8. The van der Waals surface area contributed by atoms with E-state index < -0.39 is 17.0 Å². The molecule has 5 rings (SSSR count). The van der Waals surface area contributed by atoms with Crippen molar-refractivity contribution in [1.82, 2.24) is 23.9 Å². The minimum absolute atomic E-state index is 0.0434. The summed E-state index contributed by atoms with van der Waals surface area (Å²) < 4.78 is 4.26. The molecule has 1 aliphatic carbocycles. The molecule has 3 aromatic heterocycles. The molecule has 9 nitrogen and oxygen atoms in total. The fourth-order valence-corrected chi connectivity index (χ4v) is 5.36. The summed E-state index contributed by atoms with van der Waals surface area (Å²) >= 11 is 2.81. The number of Topliss-reactive ketones (excluding diaryl/α,β-unsaturated/α-hetero) is 1. The zero-order valence-corrected chi connectivity index (χ0v) is 20.0. The lowest BCUT2D eigenvalue weighted by Gasteiger charge is -2.14. The van der Waals surface area contributed by atoms with E-state index in [2.05, 4.69) is 14.8 Å². The Morgan fingerprint density at radius 2 is 1.91 bits per heavy atom. The van der Waals surface area contributed by atoms with Crippen LogP contribution >= 0.6 is 23.1 Å². The van der Waals surface area contributed by atoms with Gasteiger partial charge in [-0.1, -0.05) is 48.2 Å². The Hall–Kier alpha value is -3.44. The van der Waals surface area contributed by atoms with E-state index >= 15 is 0 Å². The molecular weight excluding hydrogens is 472 g/mol. The highest BCUT2D eigenvalue weighted by Gasteiger charge is 2.31. The number of carbonyl (C=O) groups excluding carboxylic acids is 1. The minimum Gasteiger partial charge on any atom is -0.384 e. The van der Waals surface area contributed by atoms with Crippen LogP contribution in [0.15, 0.2) is 62.6 Å². The van der Waals surface area contributed by atoms with E-state index in [0.29, 0.717) is 11.2 Å². The Labute approximate surface area is 202 Å². The highest BCUT2D eigenvalue weighted by atomic mass is 32.2. The van der Waals surface area contributed by atoms with Gasteiger partial charge in [0.1, 0.15) is 11.4 Å². The maximum Gasteiger partial charge on any atom is 0.332 e. The highest BCUT2D eigenvalue weighted by Crippen LogP contribution is 2.41. The van der Waals surface area contributed by atoms with Crippen molar-refractivity contribution in [1.29, 1.82) is 0 Å². The van der Waals surface area contributed by atoms with E-state index in [1.54, 1.807) is 11.3 Å². The van der Waals surface area contributed by atoms with Gasteiger partial charge in [-0.25, -0.2) is 4.79 Å². The van der Waals surface area contributed by atoms with E-state index in [4.69, 9.17) is 5.73 Å². The zero-order chi connectivity index (χ0) is 23.8. The Morgan fingerprint density at radius 3 is 2.59 bits per heavy atom. The van der Waals surface area contributed by atoms with E-state index in [1.807, 2.05) is 47.8 Å². The van der Waals surface area contributed by atoms with Crippen LogP contribution in [0.4, 0.5) is 5.82 Å². The topological polar surface area (TPSA) is 118 Å². The lowest BCUT2D eigenvalue weighted by molar-refractivity contribution is 0.102. The summed E-state index contributed by atoms with van der Waals surface area (Å²) in [6.45, 7) is 0.160. The van der Waals surface area contributed by atoms with Crippen LogP contribution in [0.3, 0.4) is 0 Å². The van der Waals surface area contributed by atoms with Crippen molar-refractivity contribution in [2.75, 3.05) is 11.5 Å². The lowest BCUT2D eigenvalue weighted by Crippen LogP contribution is -2.43. The zero-order valence-electron chi connectivity index (χ0n) is 18.4. The Balaban J connectivity index is 1.44. The van der Waals surface area contributed by atoms with Gasteiger partial charge in [-0.3, -0.25) is 23.3 Å². The second-order valence-electron chi connectivity index (χ2n) is 8.08. The van der Waals surface area contributed by atoms with Crippen molar-refractivity contribution in [3.8, 4) is 10.7 Å². The van der Waals surface area contributed by atoms with Gasteiger partial charge in [-0.05, 0) is 29.9 Å². The summed E-state index contributed by atoms with van der Waals surface area (Å²) in [5, 5.41) is 11.3. The molecule has 1 aromatic carbocycles. The monoisotopic (exact) mass is 494 g/mol. The van der Waals surface area contributed by atoms with Crippen molar-refractivity contribution >= 4 is 34.7 Å². The summed E-state index contributed by atoms with van der Waals surface area (Å²) in [6.07, 6.45) is 2.08. The van der Waals surface area contributed by atoms with Gasteiger partial charge in [0.25, 0.3) is 5.56 Å². The van der Waals surface area contributed by atoms with Crippen LogP contribution in [0.25, 0.3) is 10.7 Å². The quantitative estimate of drug-likeness (QED) is 0.296. The lowest BCUT2D eigenvalue weighted by atomic mass is 10.2. The predicted molar refractivity (Wildman–Crippen MR) is 133 cm³/mol. The van der Waals surface area contributed by atoms with E-state index in [0.717, 1.165) is 33.7 Å². The van der Waals surface area contributed by atoms with Gasteiger partial charge in [0.2, 0.25) is 0 Å². The van der Waals surface area contributed by atoms with Crippen LogP contribution in [0, 0.1) is 0 Å². The molecule has 1 saturated carbocycles. The fourth-order valence-electron chi connectivity index (χ4n) is 3.78. The molecule has 0 saturated heterocycles. The fraction of sp³-hybridized carbons (Fsp3) is 0.261. The summed E-state index contributed by atoms with van der Waals surface area (Å²) in [5.41, 5.74) is 5.61. The molecular formula is C23H22N6O3S2. The number of aromatic nitrogens is 5. The SMILES string of the molecule is Cn1c(=O)c(C(=O)CSc2nnc(-c3cccs3)n2C2CC2)c(N)n(Cc2ccccc2)c1=O. The average molecular weight is 495 g/mol. The van der Waals surface area contributed by atoms with Gasteiger partial charge in [0.05, 0.1) is 17.2 Å². The first kappa shape index (κ1) is 22.4. The molecule has 4 aromatic rings. The van der Waals surface area contributed by atoms with Gasteiger partial charge in [0.15, 0.2) is 16.8 Å². The second-order valence-corrected chi connectivity index (χ2v) is 9.97. The number of nitrogens with zero attached hydrogens (tertiary/aromatic N) is 5. The summed E-state index contributed by atoms with van der Waals surface area (Å²) in [4.78, 5) is 39.7. The number of thiophene rings is 1. The number of hydrogen-bond donors (Lipinski definition) is 1. The largest absolute Gasteiger partial charge is 0.384 e. The molecule has 3 heterocycles. The Kier molecular flexibility index (Phi) is 5.96. The maximum atomic E-state index is 13.2.